The summed E-state index contributed by atoms with van der Waals surface area (Å²) < 4.78 is 5.53. The van der Waals surface area contributed by atoms with E-state index < -0.39 is 5.97 Å². The Kier molecular flexibility index (Phi) is 7.15. The molecule has 0 aliphatic rings. The van der Waals surface area contributed by atoms with Gasteiger partial charge in [-0.15, -0.1) is 10.2 Å². The fourth-order valence-corrected chi connectivity index (χ4v) is 2.02. The molecule has 1 rings (SSSR count). The number of aromatic nitrogens is 2. The van der Waals surface area contributed by atoms with Gasteiger partial charge in [-0.25, -0.2) is 0 Å². The van der Waals surface area contributed by atoms with Crippen LogP contribution in [0.5, 0.6) is 0 Å². The van der Waals surface area contributed by atoms with Crippen molar-refractivity contribution in [2.24, 2.45) is 5.92 Å². The summed E-state index contributed by atoms with van der Waals surface area (Å²) in [6.45, 7) is 4.07. The normalized spacial score (nSPS) is 12.5. The van der Waals surface area contributed by atoms with E-state index in [-0.39, 0.29) is 12.3 Å². The molecule has 0 saturated carbocycles. The molecule has 0 saturated heterocycles. The quantitative estimate of drug-likeness (QED) is 0.659. The first kappa shape index (κ1) is 15.7. The van der Waals surface area contributed by atoms with Crippen LogP contribution in [-0.2, 0) is 17.6 Å². The van der Waals surface area contributed by atoms with Crippen molar-refractivity contribution in [1.29, 1.82) is 0 Å². The molecule has 0 bridgehead atoms. The van der Waals surface area contributed by atoms with Gasteiger partial charge in [-0.2, -0.15) is 0 Å². The van der Waals surface area contributed by atoms with E-state index in [1.165, 1.54) is 25.7 Å². The molecule has 0 amide bonds. The van der Waals surface area contributed by atoms with Crippen LogP contribution in [0.3, 0.4) is 0 Å². The minimum Gasteiger partial charge on any atom is -0.481 e. The molecular weight excluding hydrogens is 244 g/mol. The van der Waals surface area contributed by atoms with Crippen molar-refractivity contribution < 1.29 is 14.3 Å². The molecule has 5 heteroatoms. The van der Waals surface area contributed by atoms with Gasteiger partial charge in [-0.3, -0.25) is 4.79 Å². The van der Waals surface area contributed by atoms with Crippen LogP contribution in [0, 0.1) is 5.92 Å². The number of carboxylic acid groups (broad SMARTS) is 1. The molecule has 1 heterocycles. The highest BCUT2D eigenvalue weighted by Crippen LogP contribution is 2.13. The Hall–Kier alpha value is -1.39. The molecule has 0 radical (unpaired) electrons. The number of rotatable bonds is 10. The molecule has 1 aromatic rings. The summed E-state index contributed by atoms with van der Waals surface area (Å²) in [6, 6.07) is 0. The molecule has 0 fully saturated rings. The maximum Gasteiger partial charge on any atom is 0.303 e. The van der Waals surface area contributed by atoms with Gasteiger partial charge in [0.1, 0.15) is 0 Å². The number of aliphatic carboxylic acids is 1. The minimum absolute atomic E-state index is 0.0235. The van der Waals surface area contributed by atoms with Crippen molar-refractivity contribution in [1.82, 2.24) is 10.2 Å². The van der Waals surface area contributed by atoms with Gasteiger partial charge in [-0.1, -0.05) is 39.5 Å². The lowest BCUT2D eigenvalue weighted by molar-refractivity contribution is -0.137. The zero-order valence-corrected chi connectivity index (χ0v) is 11.9. The molecule has 0 aliphatic carbocycles. The lowest BCUT2D eigenvalue weighted by atomic mass is 10.0. The number of carbonyl (C=O) groups is 1. The van der Waals surface area contributed by atoms with Crippen molar-refractivity contribution in [2.45, 2.75) is 65.2 Å². The maximum absolute atomic E-state index is 10.6. The molecule has 1 atom stereocenters. The third kappa shape index (κ3) is 6.94. The lowest BCUT2D eigenvalue weighted by Crippen LogP contribution is -2.07. The van der Waals surface area contributed by atoms with Crippen molar-refractivity contribution >= 4 is 5.97 Å². The van der Waals surface area contributed by atoms with Gasteiger partial charge >= 0.3 is 5.97 Å². The molecule has 1 unspecified atom stereocenters. The number of hydrogen-bond acceptors (Lipinski definition) is 4. The topological polar surface area (TPSA) is 76.2 Å². The van der Waals surface area contributed by atoms with Crippen molar-refractivity contribution in [3.05, 3.63) is 11.8 Å². The second-order valence-corrected chi connectivity index (χ2v) is 5.16. The first-order valence-corrected chi connectivity index (χ1v) is 7.14. The van der Waals surface area contributed by atoms with E-state index in [1.807, 2.05) is 6.92 Å². The zero-order valence-electron chi connectivity index (χ0n) is 11.9. The van der Waals surface area contributed by atoms with Crippen LogP contribution in [0.15, 0.2) is 4.42 Å². The third-order valence-corrected chi connectivity index (χ3v) is 3.05. The molecular formula is C14H24N2O3. The fourth-order valence-electron chi connectivity index (χ4n) is 2.02. The Balaban J connectivity index is 2.26. The largest absolute Gasteiger partial charge is 0.481 e. The van der Waals surface area contributed by atoms with Gasteiger partial charge in [0.2, 0.25) is 11.8 Å². The maximum atomic E-state index is 10.6. The standard InChI is InChI=1S/C14H24N2O3/c1-3-4-5-6-7-8-12-15-16-13(19-12)9-11(2)10-14(17)18/h11H,3-10H2,1-2H3,(H,17,18). The van der Waals surface area contributed by atoms with Crippen LogP contribution in [0.25, 0.3) is 0 Å². The predicted octanol–water partition coefficient (Wildman–Crippen LogP) is 3.24. The highest BCUT2D eigenvalue weighted by molar-refractivity contribution is 5.66. The van der Waals surface area contributed by atoms with Crippen LogP contribution >= 0.6 is 0 Å². The van der Waals surface area contributed by atoms with E-state index in [2.05, 4.69) is 17.1 Å². The average molecular weight is 268 g/mol. The van der Waals surface area contributed by atoms with E-state index in [0.29, 0.717) is 18.2 Å². The first-order chi connectivity index (χ1) is 9.11. The zero-order chi connectivity index (χ0) is 14.1. The van der Waals surface area contributed by atoms with Crippen LogP contribution in [0.1, 0.15) is 64.2 Å². The van der Waals surface area contributed by atoms with E-state index >= 15 is 0 Å². The smallest absolute Gasteiger partial charge is 0.303 e. The van der Waals surface area contributed by atoms with Crippen molar-refractivity contribution in [3.8, 4) is 0 Å². The van der Waals surface area contributed by atoms with Gasteiger partial charge in [0.25, 0.3) is 0 Å². The van der Waals surface area contributed by atoms with Crippen molar-refractivity contribution in [3.63, 3.8) is 0 Å². The molecule has 0 aliphatic heterocycles. The lowest BCUT2D eigenvalue weighted by Gasteiger charge is -2.03. The molecule has 0 spiro atoms. The summed E-state index contributed by atoms with van der Waals surface area (Å²) in [6.07, 6.45) is 7.54. The SMILES string of the molecule is CCCCCCCc1nnc(CC(C)CC(=O)O)o1. The van der Waals surface area contributed by atoms with Crippen LogP contribution in [-0.4, -0.2) is 21.3 Å². The molecule has 5 nitrogen and oxygen atoms in total. The van der Waals surface area contributed by atoms with Crippen LogP contribution in [0.2, 0.25) is 0 Å². The first-order valence-electron chi connectivity index (χ1n) is 7.14. The van der Waals surface area contributed by atoms with Gasteiger partial charge in [0.05, 0.1) is 0 Å². The third-order valence-electron chi connectivity index (χ3n) is 3.05. The Labute approximate surface area is 114 Å². The summed E-state index contributed by atoms with van der Waals surface area (Å²) in [7, 11) is 0. The van der Waals surface area contributed by atoms with Gasteiger partial charge in [0.15, 0.2) is 0 Å². The molecule has 19 heavy (non-hydrogen) atoms. The Bertz CT molecular complexity index is 377. The van der Waals surface area contributed by atoms with Crippen LogP contribution in [0.4, 0.5) is 0 Å². The van der Waals surface area contributed by atoms with Crippen LogP contribution < -0.4 is 0 Å². The van der Waals surface area contributed by atoms with E-state index in [0.717, 1.165) is 12.8 Å². The number of unbranched alkanes of at least 4 members (excludes halogenated alkanes) is 4. The average Bonchev–Trinajstić information content (AvgIpc) is 2.75. The highest BCUT2D eigenvalue weighted by atomic mass is 16.4. The molecule has 0 aromatic carbocycles. The van der Waals surface area contributed by atoms with E-state index in [4.69, 9.17) is 9.52 Å². The summed E-state index contributed by atoms with van der Waals surface area (Å²) >= 11 is 0. The molecule has 1 aromatic heterocycles. The Morgan fingerprint density at radius 2 is 1.89 bits per heavy atom. The number of hydrogen-bond donors (Lipinski definition) is 1. The second-order valence-electron chi connectivity index (χ2n) is 5.16. The summed E-state index contributed by atoms with van der Waals surface area (Å²) in [5.74, 6) is 0.463. The Morgan fingerprint density at radius 1 is 1.21 bits per heavy atom. The van der Waals surface area contributed by atoms with Gasteiger partial charge in [-0.05, 0) is 12.3 Å². The number of nitrogens with zero attached hydrogens (tertiary/aromatic N) is 2. The van der Waals surface area contributed by atoms with Crippen molar-refractivity contribution in [2.75, 3.05) is 0 Å². The van der Waals surface area contributed by atoms with Gasteiger partial charge in [0, 0.05) is 19.3 Å². The highest BCUT2D eigenvalue weighted by Gasteiger charge is 2.13. The monoisotopic (exact) mass is 268 g/mol. The predicted molar refractivity (Wildman–Crippen MR) is 71.9 cm³/mol. The van der Waals surface area contributed by atoms with Gasteiger partial charge < -0.3 is 9.52 Å². The fraction of sp³-hybridized carbons (Fsp3) is 0.786. The number of carboxylic acids is 1. The Morgan fingerprint density at radius 3 is 2.58 bits per heavy atom. The molecule has 1 N–H and O–H groups in total. The summed E-state index contributed by atoms with van der Waals surface area (Å²) in [5.41, 5.74) is 0. The van der Waals surface area contributed by atoms with E-state index in [9.17, 15) is 4.79 Å². The molecule has 108 valence electrons. The second kappa shape index (κ2) is 8.67. The van der Waals surface area contributed by atoms with E-state index in [1.54, 1.807) is 0 Å². The minimum atomic E-state index is -0.789. The summed E-state index contributed by atoms with van der Waals surface area (Å²) in [5, 5.41) is 16.7. The summed E-state index contributed by atoms with van der Waals surface area (Å²) in [4.78, 5) is 10.6. The number of aryl methyl sites for hydroxylation is 1.